The van der Waals surface area contributed by atoms with Gasteiger partial charge in [-0.05, 0) is 36.8 Å². The molecule has 1 aliphatic rings. The molecule has 2 heterocycles. The highest BCUT2D eigenvalue weighted by molar-refractivity contribution is 5.76. The number of ether oxygens (including phenoxy) is 1. The minimum absolute atomic E-state index is 0.186. The third kappa shape index (κ3) is 4.84. The number of hydrogen-bond acceptors (Lipinski definition) is 5. The highest BCUT2D eigenvalue weighted by Gasteiger charge is 2.20. The molecule has 0 radical (unpaired) electrons. The van der Waals surface area contributed by atoms with Crippen molar-refractivity contribution in [1.29, 1.82) is 0 Å². The molecule has 140 valence electrons. The number of carbonyl (C=O) groups is 1. The second kappa shape index (κ2) is 8.83. The summed E-state index contributed by atoms with van der Waals surface area (Å²) < 4.78 is 11.1. The summed E-state index contributed by atoms with van der Waals surface area (Å²) in [5.74, 6) is 2.92. The first-order valence-electron chi connectivity index (χ1n) is 9.36. The van der Waals surface area contributed by atoms with E-state index in [9.17, 15) is 4.79 Å². The van der Waals surface area contributed by atoms with Crippen molar-refractivity contribution in [3.05, 3.63) is 41.6 Å². The molecule has 0 spiro atoms. The van der Waals surface area contributed by atoms with Crippen molar-refractivity contribution < 1.29 is 13.9 Å². The summed E-state index contributed by atoms with van der Waals surface area (Å²) in [4.78, 5) is 14.2. The van der Waals surface area contributed by atoms with Crippen LogP contribution in [-0.4, -0.2) is 41.2 Å². The van der Waals surface area contributed by atoms with Gasteiger partial charge in [-0.15, -0.1) is 10.2 Å². The maximum absolute atomic E-state index is 12.3. The van der Waals surface area contributed by atoms with Crippen LogP contribution in [0, 0.1) is 5.92 Å². The third-order valence-electron chi connectivity index (χ3n) is 5.00. The number of methoxy groups -OCH3 is 1. The molecular weight excluding hydrogens is 330 g/mol. The Balaban J connectivity index is 1.46. The minimum Gasteiger partial charge on any atom is -0.496 e. The summed E-state index contributed by atoms with van der Waals surface area (Å²) in [7, 11) is 1.67. The van der Waals surface area contributed by atoms with Gasteiger partial charge in [0.2, 0.25) is 17.7 Å². The van der Waals surface area contributed by atoms with E-state index in [-0.39, 0.29) is 5.91 Å². The first kappa shape index (κ1) is 18.4. The molecule has 0 atom stereocenters. The quantitative estimate of drug-likeness (QED) is 0.762. The molecule has 1 aliphatic heterocycles. The third-order valence-corrected chi connectivity index (χ3v) is 5.00. The molecule has 1 fully saturated rings. The molecule has 26 heavy (non-hydrogen) atoms. The average molecular weight is 357 g/mol. The fourth-order valence-corrected chi connectivity index (χ4v) is 3.27. The zero-order chi connectivity index (χ0) is 18.4. The lowest BCUT2D eigenvalue weighted by Gasteiger charge is -2.30. The number of piperidine rings is 1. The second-order valence-electron chi connectivity index (χ2n) is 6.96. The summed E-state index contributed by atoms with van der Waals surface area (Å²) in [6.45, 7) is 3.98. The number of para-hydroxylation sites is 1. The number of hydrogen-bond donors (Lipinski definition) is 0. The van der Waals surface area contributed by atoms with Gasteiger partial charge < -0.3 is 14.1 Å². The van der Waals surface area contributed by atoms with Crippen LogP contribution in [0.1, 0.15) is 43.5 Å². The highest BCUT2D eigenvalue weighted by Crippen LogP contribution is 2.20. The van der Waals surface area contributed by atoms with Gasteiger partial charge in [0.25, 0.3) is 0 Å². The predicted octanol–water partition coefficient (Wildman–Crippen LogP) is 3.05. The number of nitrogens with zero attached hydrogens (tertiary/aromatic N) is 3. The van der Waals surface area contributed by atoms with Crippen LogP contribution in [0.15, 0.2) is 28.7 Å². The van der Waals surface area contributed by atoms with Crippen molar-refractivity contribution in [2.75, 3.05) is 20.2 Å². The summed E-state index contributed by atoms with van der Waals surface area (Å²) in [6.07, 6.45) is 4.57. The Morgan fingerprint density at radius 1 is 1.15 bits per heavy atom. The van der Waals surface area contributed by atoms with E-state index >= 15 is 0 Å². The smallest absolute Gasteiger partial charge is 0.223 e. The molecule has 1 aromatic heterocycles. The molecule has 0 saturated carbocycles. The summed E-state index contributed by atoms with van der Waals surface area (Å²) >= 11 is 0. The maximum Gasteiger partial charge on any atom is 0.223 e. The van der Waals surface area contributed by atoms with E-state index in [0.717, 1.165) is 49.6 Å². The fraction of sp³-hybridized carbons (Fsp3) is 0.550. The molecule has 1 amide bonds. The van der Waals surface area contributed by atoms with Crippen molar-refractivity contribution in [3.8, 4) is 5.75 Å². The Morgan fingerprint density at radius 2 is 1.85 bits per heavy atom. The fourth-order valence-electron chi connectivity index (χ4n) is 3.27. The van der Waals surface area contributed by atoms with Gasteiger partial charge in [-0.25, -0.2) is 0 Å². The van der Waals surface area contributed by atoms with Crippen LogP contribution < -0.4 is 4.74 Å². The van der Waals surface area contributed by atoms with Crippen molar-refractivity contribution in [1.82, 2.24) is 15.1 Å². The lowest BCUT2D eigenvalue weighted by Crippen LogP contribution is -2.38. The van der Waals surface area contributed by atoms with Crippen molar-refractivity contribution in [2.24, 2.45) is 5.92 Å². The number of aryl methyl sites for hydroxylation is 3. The number of likely N-dealkylation sites (tertiary alicyclic amines) is 1. The molecule has 0 bridgehead atoms. The van der Waals surface area contributed by atoms with Crippen molar-refractivity contribution >= 4 is 5.91 Å². The Morgan fingerprint density at radius 3 is 2.58 bits per heavy atom. The molecule has 6 heteroatoms. The van der Waals surface area contributed by atoms with E-state index in [1.165, 1.54) is 0 Å². The lowest BCUT2D eigenvalue weighted by molar-refractivity contribution is -0.132. The zero-order valence-corrected chi connectivity index (χ0v) is 15.6. The second-order valence-corrected chi connectivity index (χ2v) is 6.96. The Kier molecular flexibility index (Phi) is 6.26. The maximum atomic E-state index is 12.3. The summed E-state index contributed by atoms with van der Waals surface area (Å²) in [5, 5.41) is 8.19. The Bertz CT molecular complexity index is 721. The molecular formula is C20H27N3O3. The van der Waals surface area contributed by atoms with Crippen LogP contribution in [0.3, 0.4) is 0 Å². The van der Waals surface area contributed by atoms with Gasteiger partial charge in [0, 0.05) is 32.4 Å². The van der Waals surface area contributed by atoms with Crippen LogP contribution in [0.2, 0.25) is 0 Å². The van der Waals surface area contributed by atoms with E-state index in [0.29, 0.717) is 31.0 Å². The molecule has 0 unspecified atom stereocenters. The van der Waals surface area contributed by atoms with Gasteiger partial charge >= 0.3 is 0 Å². The number of rotatable bonds is 7. The van der Waals surface area contributed by atoms with Crippen molar-refractivity contribution in [2.45, 2.75) is 45.4 Å². The van der Waals surface area contributed by atoms with Gasteiger partial charge in [0.05, 0.1) is 7.11 Å². The molecule has 0 N–H and O–H groups in total. The predicted molar refractivity (Wildman–Crippen MR) is 98.0 cm³/mol. The normalized spacial score (nSPS) is 15.2. The number of benzene rings is 1. The number of carbonyl (C=O) groups excluding carboxylic acids is 1. The number of amides is 1. The van der Waals surface area contributed by atoms with Crippen LogP contribution in [0.4, 0.5) is 0 Å². The van der Waals surface area contributed by atoms with Gasteiger partial charge in [-0.1, -0.05) is 25.1 Å². The SMILES string of the molecule is COc1ccccc1CCc1nnc(CCC(=O)N2CCC(C)CC2)o1. The lowest BCUT2D eigenvalue weighted by atomic mass is 9.99. The molecule has 1 saturated heterocycles. The Hall–Kier alpha value is -2.37. The van der Waals surface area contributed by atoms with Crippen LogP contribution in [0.5, 0.6) is 5.75 Å². The van der Waals surface area contributed by atoms with E-state index in [4.69, 9.17) is 9.15 Å². The van der Waals surface area contributed by atoms with E-state index in [2.05, 4.69) is 17.1 Å². The molecule has 3 rings (SSSR count). The van der Waals surface area contributed by atoms with E-state index in [1.807, 2.05) is 29.2 Å². The van der Waals surface area contributed by atoms with Crippen molar-refractivity contribution in [3.63, 3.8) is 0 Å². The zero-order valence-electron chi connectivity index (χ0n) is 15.6. The monoisotopic (exact) mass is 357 g/mol. The van der Waals surface area contributed by atoms with Gasteiger partial charge in [-0.3, -0.25) is 4.79 Å². The number of aromatic nitrogens is 2. The molecule has 2 aromatic rings. The van der Waals surface area contributed by atoms with E-state index in [1.54, 1.807) is 7.11 Å². The first-order chi connectivity index (χ1) is 12.7. The molecule has 0 aliphatic carbocycles. The standard InChI is InChI=1S/C20H27N3O3/c1-15-11-13-23(14-12-15)20(24)10-9-19-22-21-18(26-19)8-7-16-5-3-4-6-17(16)25-2/h3-6,15H,7-14H2,1-2H3. The van der Waals surface area contributed by atoms with Crippen LogP contribution >= 0.6 is 0 Å². The van der Waals surface area contributed by atoms with Gasteiger partial charge in [-0.2, -0.15) is 0 Å². The highest BCUT2D eigenvalue weighted by atomic mass is 16.5. The Labute approximate surface area is 154 Å². The first-order valence-corrected chi connectivity index (χ1v) is 9.36. The topological polar surface area (TPSA) is 68.5 Å². The molecule has 1 aromatic carbocycles. The average Bonchev–Trinajstić information content (AvgIpc) is 3.13. The van der Waals surface area contributed by atoms with E-state index < -0.39 is 0 Å². The largest absolute Gasteiger partial charge is 0.496 e. The van der Waals surface area contributed by atoms with Gasteiger partial charge in [0.1, 0.15) is 5.75 Å². The van der Waals surface area contributed by atoms with Crippen LogP contribution in [-0.2, 0) is 24.1 Å². The van der Waals surface area contributed by atoms with Crippen LogP contribution in [0.25, 0.3) is 0 Å². The molecule has 6 nitrogen and oxygen atoms in total. The van der Waals surface area contributed by atoms with Gasteiger partial charge in [0.15, 0.2) is 0 Å². The summed E-state index contributed by atoms with van der Waals surface area (Å²) in [5.41, 5.74) is 1.12. The minimum atomic E-state index is 0.186. The summed E-state index contributed by atoms with van der Waals surface area (Å²) in [6, 6.07) is 7.92.